The molecule has 0 aliphatic heterocycles. The van der Waals surface area contributed by atoms with Crippen LogP contribution in [0.5, 0.6) is 0 Å². The minimum Gasteiger partial charge on any atom is -0.258 e. The molecule has 0 fully saturated rings. The first-order valence-corrected chi connectivity index (χ1v) is 4.43. The van der Waals surface area contributed by atoms with E-state index in [4.69, 9.17) is 0 Å². The van der Waals surface area contributed by atoms with Crippen molar-refractivity contribution in [2.24, 2.45) is 0 Å². The number of aromatic nitrogens is 1. The summed E-state index contributed by atoms with van der Waals surface area (Å²) in [4.78, 5) is 3.98. The van der Waals surface area contributed by atoms with Crippen molar-refractivity contribution in [3.63, 3.8) is 0 Å². The maximum atomic E-state index is 12.4. The summed E-state index contributed by atoms with van der Waals surface area (Å²) in [5.74, 6) is -0.255. The zero-order chi connectivity index (χ0) is 8.81. The second kappa shape index (κ2) is 4.86. The third-order valence-electron chi connectivity index (χ3n) is 1.83. The highest BCUT2D eigenvalue weighted by Crippen LogP contribution is 2.04. The predicted molar refractivity (Wildman–Crippen MR) is 47.4 cm³/mol. The van der Waals surface area contributed by atoms with Crippen molar-refractivity contribution in [3.05, 3.63) is 29.8 Å². The lowest BCUT2D eigenvalue weighted by atomic mass is 10.1. The van der Waals surface area contributed by atoms with Crippen LogP contribution >= 0.6 is 0 Å². The molecule has 1 rings (SSSR count). The highest BCUT2D eigenvalue weighted by molar-refractivity contribution is 5.05. The number of aryl methyl sites for hydroxylation is 1. The molecule has 1 aromatic heterocycles. The number of hydrogen-bond acceptors (Lipinski definition) is 1. The van der Waals surface area contributed by atoms with E-state index in [1.807, 2.05) is 0 Å². The van der Waals surface area contributed by atoms with Gasteiger partial charge in [-0.1, -0.05) is 19.8 Å². The average molecular weight is 167 g/mol. The van der Waals surface area contributed by atoms with E-state index in [1.54, 1.807) is 6.07 Å². The Bertz CT molecular complexity index is 218. The zero-order valence-corrected chi connectivity index (χ0v) is 7.39. The third kappa shape index (κ3) is 2.99. The molecule has 12 heavy (non-hydrogen) atoms. The Morgan fingerprint density at radius 2 is 2.17 bits per heavy atom. The molecule has 2 heteroatoms. The van der Waals surface area contributed by atoms with Crippen LogP contribution in [0, 0.1) is 5.82 Å². The van der Waals surface area contributed by atoms with Gasteiger partial charge < -0.3 is 0 Å². The molecule has 0 saturated heterocycles. The minimum atomic E-state index is -0.255. The monoisotopic (exact) mass is 167 g/mol. The van der Waals surface area contributed by atoms with Crippen LogP contribution in [0.2, 0.25) is 0 Å². The molecule has 0 bridgehead atoms. The maximum Gasteiger partial charge on any atom is 0.141 e. The van der Waals surface area contributed by atoms with Crippen LogP contribution in [0.4, 0.5) is 4.39 Å². The lowest BCUT2D eigenvalue weighted by Gasteiger charge is -1.98. The summed E-state index contributed by atoms with van der Waals surface area (Å²) < 4.78 is 12.4. The summed E-state index contributed by atoms with van der Waals surface area (Å²) in [5.41, 5.74) is 0.991. The highest BCUT2D eigenvalue weighted by atomic mass is 19.1. The first-order chi connectivity index (χ1) is 5.83. The van der Waals surface area contributed by atoms with Crippen molar-refractivity contribution in [1.82, 2.24) is 4.98 Å². The highest BCUT2D eigenvalue weighted by Gasteiger charge is 1.94. The normalized spacial score (nSPS) is 10.2. The van der Waals surface area contributed by atoms with Gasteiger partial charge in [0, 0.05) is 5.69 Å². The van der Waals surface area contributed by atoms with Gasteiger partial charge in [0.25, 0.3) is 0 Å². The van der Waals surface area contributed by atoms with Crippen LogP contribution in [-0.4, -0.2) is 4.98 Å². The molecule has 0 spiro atoms. The van der Waals surface area contributed by atoms with Gasteiger partial charge in [-0.15, -0.1) is 0 Å². The van der Waals surface area contributed by atoms with Crippen molar-refractivity contribution >= 4 is 0 Å². The molecule has 0 aliphatic carbocycles. The van der Waals surface area contributed by atoms with Crippen molar-refractivity contribution in [3.8, 4) is 0 Å². The molecule has 0 N–H and O–H groups in total. The Hall–Kier alpha value is -0.920. The van der Waals surface area contributed by atoms with Gasteiger partial charge in [-0.3, -0.25) is 4.98 Å². The third-order valence-corrected chi connectivity index (χ3v) is 1.83. The Labute approximate surface area is 72.6 Å². The number of nitrogens with zero attached hydrogens (tertiary/aromatic N) is 1. The van der Waals surface area contributed by atoms with E-state index in [0.717, 1.165) is 18.5 Å². The second-order valence-corrected chi connectivity index (χ2v) is 2.92. The van der Waals surface area contributed by atoms with Gasteiger partial charge in [0.15, 0.2) is 0 Å². The van der Waals surface area contributed by atoms with Gasteiger partial charge in [0.05, 0.1) is 6.20 Å². The number of unbranched alkanes of at least 4 members (excludes halogenated alkanes) is 2. The van der Waals surface area contributed by atoms with Crippen molar-refractivity contribution in [2.75, 3.05) is 0 Å². The summed E-state index contributed by atoms with van der Waals surface area (Å²) >= 11 is 0. The standard InChI is InChI=1S/C10H14FN/c1-2-3-4-5-10-7-6-9(11)8-12-10/h6-8H,2-5H2,1H3. The van der Waals surface area contributed by atoms with Gasteiger partial charge in [0.1, 0.15) is 5.82 Å². The van der Waals surface area contributed by atoms with Crippen molar-refractivity contribution < 1.29 is 4.39 Å². The summed E-state index contributed by atoms with van der Waals surface area (Å²) in [5, 5.41) is 0. The summed E-state index contributed by atoms with van der Waals surface area (Å²) in [6.07, 6.45) is 5.82. The Morgan fingerprint density at radius 1 is 1.33 bits per heavy atom. The molecule has 0 saturated carbocycles. The molecular formula is C10H14FN. The van der Waals surface area contributed by atoms with Crippen LogP contribution in [0.15, 0.2) is 18.3 Å². The Kier molecular flexibility index (Phi) is 3.71. The predicted octanol–water partition coefficient (Wildman–Crippen LogP) is 2.95. The van der Waals surface area contributed by atoms with Crippen LogP contribution < -0.4 is 0 Å². The molecule has 1 nitrogen and oxygen atoms in total. The molecule has 0 atom stereocenters. The summed E-state index contributed by atoms with van der Waals surface area (Å²) in [6, 6.07) is 3.22. The fourth-order valence-corrected chi connectivity index (χ4v) is 1.11. The van der Waals surface area contributed by atoms with Gasteiger partial charge in [-0.05, 0) is 25.0 Å². The number of pyridine rings is 1. The molecule has 0 aromatic carbocycles. The molecule has 0 aliphatic rings. The quantitative estimate of drug-likeness (QED) is 0.628. The molecular weight excluding hydrogens is 153 g/mol. The summed E-state index contributed by atoms with van der Waals surface area (Å²) in [6.45, 7) is 2.16. The smallest absolute Gasteiger partial charge is 0.141 e. The van der Waals surface area contributed by atoms with E-state index in [9.17, 15) is 4.39 Å². The fourth-order valence-electron chi connectivity index (χ4n) is 1.11. The lowest BCUT2D eigenvalue weighted by molar-refractivity contribution is 0.617. The van der Waals surface area contributed by atoms with Crippen molar-refractivity contribution in [1.29, 1.82) is 0 Å². The van der Waals surface area contributed by atoms with E-state index in [-0.39, 0.29) is 5.82 Å². The largest absolute Gasteiger partial charge is 0.258 e. The van der Waals surface area contributed by atoms with E-state index in [0.29, 0.717) is 0 Å². The first-order valence-electron chi connectivity index (χ1n) is 4.43. The van der Waals surface area contributed by atoms with Gasteiger partial charge in [0.2, 0.25) is 0 Å². The number of hydrogen-bond donors (Lipinski definition) is 0. The molecule has 0 amide bonds. The molecule has 0 radical (unpaired) electrons. The molecule has 66 valence electrons. The van der Waals surface area contributed by atoms with E-state index in [1.165, 1.54) is 25.1 Å². The van der Waals surface area contributed by atoms with Crippen molar-refractivity contribution in [2.45, 2.75) is 32.6 Å². The van der Waals surface area contributed by atoms with Gasteiger partial charge in [-0.2, -0.15) is 0 Å². The van der Waals surface area contributed by atoms with Gasteiger partial charge >= 0.3 is 0 Å². The zero-order valence-electron chi connectivity index (χ0n) is 7.39. The Balaban J connectivity index is 2.37. The number of rotatable bonds is 4. The van der Waals surface area contributed by atoms with Crippen LogP contribution in [0.3, 0.4) is 0 Å². The summed E-state index contributed by atoms with van der Waals surface area (Å²) in [7, 11) is 0. The molecule has 1 heterocycles. The SMILES string of the molecule is CCCCCc1ccc(F)cn1. The first kappa shape index (κ1) is 9.17. The average Bonchev–Trinajstić information content (AvgIpc) is 2.09. The number of halogens is 1. The fraction of sp³-hybridized carbons (Fsp3) is 0.500. The van der Waals surface area contributed by atoms with E-state index in [2.05, 4.69) is 11.9 Å². The molecule has 1 aromatic rings. The maximum absolute atomic E-state index is 12.4. The second-order valence-electron chi connectivity index (χ2n) is 2.92. The topological polar surface area (TPSA) is 12.9 Å². The Morgan fingerprint density at radius 3 is 2.75 bits per heavy atom. The van der Waals surface area contributed by atoms with E-state index < -0.39 is 0 Å². The lowest BCUT2D eigenvalue weighted by Crippen LogP contribution is -1.90. The van der Waals surface area contributed by atoms with Crippen LogP contribution in [0.25, 0.3) is 0 Å². The van der Waals surface area contributed by atoms with Crippen LogP contribution in [-0.2, 0) is 6.42 Å². The minimum absolute atomic E-state index is 0.255. The molecule has 0 unspecified atom stereocenters. The van der Waals surface area contributed by atoms with Gasteiger partial charge in [-0.25, -0.2) is 4.39 Å². The van der Waals surface area contributed by atoms with E-state index >= 15 is 0 Å². The van der Waals surface area contributed by atoms with Crippen LogP contribution in [0.1, 0.15) is 31.9 Å².